The van der Waals surface area contributed by atoms with Crippen LogP contribution < -0.4 is 0 Å². The summed E-state index contributed by atoms with van der Waals surface area (Å²) in [7, 11) is 0. The Hall–Kier alpha value is -1.43. The lowest BCUT2D eigenvalue weighted by molar-refractivity contribution is 0.0643. The largest absolute Gasteiger partial charge is 0.334 e. The summed E-state index contributed by atoms with van der Waals surface area (Å²) in [5, 5.41) is 6.18. The molecule has 1 aliphatic heterocycles. The Morgan fingerprint density at radius 1 is 1.33 bits per heavy atom. The van der Waals surface area contributed by atoms with E-state index in [9.17, 15) is 9.70 Å². The van der Waals surface area contributed by atoms with E-state index in [4.69, 9.17) is 0 Å². The maximum absolute atomic E-state index is 11.9. The molecule has 0 bridgehead atoms. The first-order valence-electron chi connectivity index (χ1n) is 4.72. The standard InChI is InChI=1S/C9H11N3O2S/c13-9(8-2-1-7-15-8)11-3-5-12(10-14)6-4-11/h1-2,7H,3-6H2. The van der Waals surface area contributed by atoms with Crippen molar-refractivity contribution in [2.45, 2.75) is 0 Å². The van der Waals surface area contributed by atoms with Crippen LogP contribution in [0.3, 0.4) is 0 Å². The Balaban J connectivity index is 1.96. The van der Waals surface area contributed by atoms with Gasteiger partial charge in [0.2, 0.25) is 0 Å². The normalized spacial score (nSPS) is 16.5. The monoisotopic (exact) mass is 225 g/mol. The van der Waals surface area contributed by atoms with E-state index < -0.39 is 0 Å². The molecule has 1 saturated heterocycles. The smallest absolute Gasteiger partial charge is 0.264 e. The first kappa shape index (κ1) is 10.1. The van der Waals surface area contributed by atoms with Gasteiger partial charge >= 0.3 is 0 Å². The molecular weight excluding hydrogens is 214 g/mol. The number of rotatable bonds is 2. The molecule has 1 aliphatic rings. The number of nitroso groups, excluding NO2 is 1. The van der Waals surface area contributed by atoms with Gasteiger partial charge in [0, 0.05) is 13.1 Å². The van der Waals surface area contributed by atoms with Gasteiger partial charge in [-0.05, 0) is 11.4 Å². The Morgan fingerprint density at radius 2 is 2.07 bits per heavy atom. The molecule has 1 aromatic rings. The van der Waals surface area contributed by atoms with Crippen LogP contribution in [0.25, 0.3) is 0 Å². The van der Waals surface area contributed by atoms with Gasteiger partial charge in [-0.1, -0.05) is 6.07 Å². The van der Waals surface area contributed by atoms with Crippen LogP contribution >= 0.6 is 11.3 Å². The van der Waals surface area contributed by atoms with Crippen LogP contribution in [0.15, 0.2) is 22.8 Å². The van der Waals surface area contributed by atoms with Crippen LogP contribution in [0.1, 0.15) is 9.67 Å². The maximum atomic E-state index is 11.9. The molecule has 0 N–H and O–H groups in total. The summed E-state index contributed by atoms with van der Waals surface area (Å²) < 4.78 is 0. The molecule has 1 fully saturated rings. The average molecular weight is 225 g/mol. The van der Waals surface area contributed by atoms with Gasteiger partial charge in [0.05, 0.1) is 23.3 Å². The number of hydrogen-bond donors (Lipinski definition) is 0. The lowest BCUT2D eigenvalue weighted by atomic mass is 10.3. The van der Waals surface area contributed by atoms with Crippen molar-refractivity contribution in [3.8, 4) is 0 Å². The highest BCUT2D eigenvalue weighted by Crippen LogP contribution is 2.13. The van der Waals surface area contributed by atoms with E-state index in [1.807, 2.05) is 17.5 Å². The first-order chi connectivity index (χ1) is 7.31. The third-order valence-electron chi connectivity index (χ3n) is 2.39. The lowest BCUT2D eigenvalue weighted by Gasteiger charge is -2.30. The molecular formula is C9H11N3O2S. The van der Waals surface area contributed by atoms with Gasteiger partial charge in [0.25, 0.3) is 5.91 Å². The Bertz CT molecular complexity index is 344. The Kier molecular flexibility index (Phi) is 2.96. The highest BCUT2D eigenvalue weighted by atomic mass is 32.1. The van der Waals surface area contributed by atoms with Gasteiger partial charge in [0.1, 0.15) is 0 Å². The molecule has 5 nitrogen and oxygen atoms in total. The van der Waals surface area contributed by atoms with Crippen LogP contribution in [0, 0.1) is 4.91 Å². The fourth-order valence-electron chi connectivity index (χ4n) is 1.54. The van der Waals surface area contributed by atoms with Crippen LogP contribution in [0.5, 0.6) is 0 Å². The predicted molar refractivity (Wildman–Crippen MR) is 57.6 cm³/mol. The molecule has 1 amide bonds. The van der Waals surface area contributed by atoms with E-state index in [1.165, 1.54) is 16.3 Å². The van der Waals surface area contributed by atoms with Gasteiger partial charge in [-0.3, -0.25) is 9.80 Å². The molecule has 2 heterocycles. The molecule has 0 aromatic carbocycles. The van der Waals surface area contributed by atoms with Crippen molar-refractivity contribution in [2.75, 3.05) is 26.2 Å². The van der Waals surface area contributed by atoms with E-state index in [-0.39, 0.29) is 5.91 Å². The number of carbonyl (C=O) groups excluding carboxylic acids is 1. The van der Waals surface area contributed by atoms with E-state index in [0.29, 0.717) is 26.2 Å². The van der Waals surface area contributed by atoms with Gasteiger partial charge in [0.15, 0.2) is 0 Å². The Labute approximate surface area is 91.2 Å². The predicted octanol–water partition coefficient (Wildman–Crippen LogP) is 1.19. The molecule has 0 aliphatic carbocycles. The van der Waals surface area contributed by atoms with Crippen LogP contribution in [0.4, 0.5) is 0 Å². The molecule has 0 saturated carbocycles. The fourth-order valence-corrected chi connectivity index (χ4v) is 2.23. The number of piperazine rings is 1. The highest BCUT2D eigenvalue weighted by molar-refractivity contribution is 7.12. The minimum Gasteiger partial charge on any atom is -0.334 e. The summed E-state index contributed by atoms with van der Waals surface area (Å²) in [5.74, 6) is 0.0514. The van der Waals surface area contributed by atoms with E-state index in [2.05, 4.69) is 5.29 Å². The van der Waals surface area contributed by atoms with Gasteiger partial charge in [-0.2, -0.15) is 0 Å². The van der Waals surface area contributed by atoms with Crippen LogP contribution in [-0.4, -0.2) is 42.0 Å². The van der Waals surface area contributed by atoms with E-state index in [1.54, 1.807) is 4.90 Å². The summed E-state index contributed by atoms with van der Waals surface area (Å²) in [6, 6.07) is 3.68. The topological polar surface area (TPSA) is 53.0 Å². The second-order valence-electron chi connectivity index (χ2n) is 3.30. The van der Waals surface area contributed by atoms with Crippen molar-refractivity contribution in [3.05, 3.63) is 27.3 Å². The molecule has 0 spiro atoms. The zero-order chi connectivity index (χ0) is 10.7. The van der Waals surface area contributed by atoms with Crippen molar-refractivity contribution in [2.24, 2.45) is 5.29 Å². The maximum Gasteiger partial charge on any atom is 0.264 e. The fraction of sp³-hybridized carbons (Fsp3) is 0.444. The molecule has 15 heavy (non-hydrogen) atoms. The van der Waals surface area contributed by atoms with Gasteiger partial charge in [-0.25, -0.2) is 0 Å². The molecule has 6 heteroatoms. The summed E-state index contributed by atoms with van der Waals surface area (Å²) >= 11 is 1.44. The minimum absolute atomic E-state index is 0.0514. The molecule has 2 rings (SSSR count). The molecule has 80 valence electrons. The van der Waals surface area contributed by atoms with E-state index >= 15 is 0 Å². The average Bonchev–Trinajstić information content (AvgIpc) is 2.82. The third-order valence-corrected chi connectivity index (χ3v) is 3.25. The van der Waals surface area contributed by atoms with Crippen molar-refractivity contribution in [1.82, 2.24) is 9.91 Å². The highest BCUT2D eigenvalue weighted by Gasteiger charge is 2.22. The molecule has 0 radical (unpaired) electrons. The van der Waals surface area contributed by atoms with E-state index in [0.717, 1.165) is 4.88 Å². The number of carbonyl (C=O) groups is 1. The van der Waals surface area contributed by atoms with Crippen molar-refractivity contribution >= 4 is 17.2 Å². The zero-order valence-electron chi connectivity index (χ0n) is 8.13. The zero-order valence-corrected chi connectivity index (χ0v) is 8.94. The molecule has 0 atom stereocenters. The minimum atomic E-state index is 0.0514. The number of thiophene rings is 1. The lowest BCUT2D eigenvalue weighted by Crippen LogP contribution is -2.46. The molecule has 1 aromatic heterocycles. The van der Waals surface area contributed by atoms with Gasteiger partial charge in [-0.15, -0.1) is 16.2 Å². The first-order valence-corrected chi connectivity index (χ1v) is 5.60. The molecule has 0 unspecified atom stereocenters. The SMILES string of the molecule is O=NN1CCN(C(=O)c2cccs2)CC1. The Morgan fingerprint density at radius 3 is 2.60 bits per heavy atom. The van der Waals surface area contributed by atoms with Crippen molar-refractivity contribution in [1.29, 1.82) is 0 Å². The van der Waals surface area contributed by atoms with Gasteiger partial charge < -0.3 is 4.90 Å². The summed E-state index contributed by atoms with van der Waals surface area (Å²) in [6.45, 7) is 2.20. The van der Waals surface area contributed by atoms with Crippen LogP contribution in [-0.2, 0) is 0 Å². The second kappa shape index (κ2) is 4.39. The van der Waals surface area contributed by atoms with Crippen LogP contribution in [0.2, 0.25) is 0 Å². The van der Waals surface area contributed by atoms with Crippen molar-refractivity contribution < 1.29 is 4.79 Å². The third kappa shape index (κ3) is 2.15. The quantitative estimate of drug-likeness (QED) is 0.710. The number of hydrogen-bond acceptors (Lipinski definition) is 4. The summed E-state index contributed by atoms with van der Waals surface area (Å²) in [4.78, 5) is 24.6. The van der Waals surface area contributed by atoms with Crippen molar-refractivity contribution in [3.63, 3.8) is 0 Å². The second-order valence-corrected chi connectivity index (χ2v) is 4.25. The number of nitrogens with zero attached hydrogens (tertiary/aromatic N) is 3. The summed E-state index contributed by atoms with van der Waals surface area (Å²) in [5.41, 5.74) is 0. The number of amides is 1. The summed E-state index contributed by atoms with van der Waals surface area (Å²) in [6.07, 6.45) is 0.